The molecule has 1 fully saturated rings. The molecule has 0 atom stereocenters. The number of nitrogens with one attached hydrogen (secondary N) is 1. The van der Waals surface area contributed by atoms with Gasteiger partial charge in [0.05, 0.1) is 4.92 Å². The van der Waals surface area contributed by atoms with Crippen LogP contribution < -0.4 is 5.32 Å². The first-order valence-electron chi connectivity index (χ1n) is 7.40. The number of nitro groups is 1. The van der Waals surface area contributed by atoms with Crippen LogP contribution in [0.2, 0.25) is 0 Å². The van der Waals surface area contributed by atoms with Gasteiger partial charge >= 0.3 is 0 Å². The van der Waals surface area contributed by atoms with Gasteiger partial charge in [-0.25, -0.2) is 0 Å². The van der Waals surface area contributed by atoms with Gasteiger partial charge in [-0.15, -0.1) is 12.4 Å². The topological polar surface area (TPSA) is 75.5 Å². The van der Waals surface area contributed by atoms with Gasteiger partial charge in [-0.2, -0.15) is 0 Å². The number of hydrogen-bond acceptors (Lipinski definition) is 4. The smallest absolute Gasteiger partial charge is 0.283 e. The van der Waals surface area contributed by atoms with Crippen molar-refractivity contribution in [3.05, 3.63) is 38.3 Å². The molecule has 23 heavy (non-hydrogen) atoms. The van der Waals surface area contributed by atoms with Crippen LogP contribution in [0.3, 0.4) is 0 Å². The van der Waals surface area contributed by atoms with Crippen LogP contribution in [0.1, 0.15) is 29.6 Å². The molecule has 0 saturated carbocycles. The molecule has 1 aliphatic heterocycles. The van der Waals surface area contributed by atoms with Crippen molar-refractivity contribution in [3.63, 3.8) is 0 Å². The molecule has 0 radical (unpaired) electrons. The summed E-state index contributed by atoms with van der Waals surface area (Å²) < 4.78 is 0.599. The van der Waals surface area contributed by atoms with Crippen molar-refractivity contribution >= 4 is 39.9 Å². The first-order chi connectivity index (χ1) is 10.5. The Morgan fingerprint density at radius 2 is 2.09 bits per heavy atom. The van der Waals surface area contributed by atoms with Crippen LogP contribution in [0.4, 0.5) is 5.69 Å². The Hall–Kier alpha value is -1.18. The molecular weight excluding hydrogens is 386 g/mol. The van der Waals surface area contributed by atoms with E-state index in [-0.39, 0.29) is 29.6 Å². The van der Waals surface area contributed by atoms with Crippen molar-refractivity contribution in [2.45, 2.75) is 19.3 Å². The van der Waals surface area contributed by atoms with E-state index in [1.807, 2.05) is 7.05 Å². The highest BCUT2D eigenvalue weighted by molar-refractivity contribution is 9.10. The first kappa shape index (κ1) is 19.9. The second-order valence-electron chi connectivity index (χ2n) is 5.55. The third kappa shape index (κ3) is 5.16. The van der Waals surface area contributed by atoms with Gasteiger partial charge in [0.1, 0.15) is 5.56 Å². The summed E-state index contributed by atoms with van der Waals surface area (Å²) >= 11 is 3.21. The first-order valence-corrected chi connectivity index (χ1v) is 8.20. The van der Waals surface area contributed by atoms with E-state index in [4.69, 9.17) is 0 Å². The second-order valence-corrected chi connectivity index (χ2v) is 6.46. The molecule has 128 valence electrons. The molecule has 0 aromatic heterocycles. The Bertz CT molecular complexity index is 563. The number of nitro benzene ring substituents is 1. The Labute approximate surface area is 150 Å². The van der Waals surface area contributed by atoms with Crippen LogP contribution in [0.5, 0.6) is 0 Å². The van der Waals surface area contributed by atoms with Crippen LogP contribution in [-0.2, 0) is 0 Å². The summed E-state index contributed by atoms with van der Waals surface area (Å²) in [5.74, 6) is 0.377. The molecule has 2 rings (SSSR count). The lowest BCUT2D eigenvalue weighted by Crippen LogP contribution is -2.39. The predicted molar refractivity (Wildman–Crippen MR) is 95.2 cm³/mol. The lowest BCUT2D eigenvalue weighted by Gasteiger charge is -2.32. The minimum atomic E-state index is -0.502. The molecule has 8 heteroatoms. The lowest BCUT2D eigenvalue weighted by molar-refractivity contribution is -0.385. The average Bonchev–Trinajstić information content (AvgIpc) is 2.52. The van der Waals surface area contributed by atoms with E-state index < -0.39 is 4.92 Å². The maximum Gasteiger partial charge on any atom is 0.283 e. The normalized spacial score (nSPS) is 15.1. The van der Waals surface area contributed by atoms with E-state index in [1.54, 1.807) is 11.0 Å². The number of carbonyl (C=O) groups is 1. The van der Waals surface area contributed by atoms with Crippen LogP contribution in [0, 0.1) is 16.0 Å². The van der Waals surface area contributed by atoms with Gasteiger partial charge in [-0.3, -0.25) is 14.9 Å². The standard InChI is InChI=1S/C15H20BrN3O3.ClH/c1-17-7-4-11-5-8-18(9-6-11)15(20)13-3-2-12(16)10-14(13)19(21)22;/h2-3,10-11,17H,4-9H2,1H3;1H. The van der Waals surface area contributed by atoms with Crippen molar-refractivity contribution < 1.29 is 9.72 Å². The highest BCUT2D eigenvalue weighted by Crippen LogP contribution is 2.27. The zero-order chi connectivity index (χ0) is 16.1. The molecule has 1 aliphatic rings. The molecule has 6 nitrogen and oxygen atoms in total. The van der Waals surface area contributed by atoms with Crippen LogP contribution in [-0.4, -0.2) is 42.4 Å². The minimum absolute atomic E-state index is 0. The maximum atomic E-state index is 12.6. The average molecular weight is 407 g/mol. The van der Waals surface area contributed by atoms with Crippen molar-refractivity contribution in [2.75, 3.05) is 26.7 Å². The van der Waals surface area contributed by atoms with E-state index in [0.29, 0.717) is 23.5 Å². The third-order valence-electron chi connectivity index (χ3n) is 4.09. The zero-order valence-corrected chi connectivity index (χ0v) is 15.4. The molecule has 1 N–H and O–H groups in total. The third-order valence-corrected chi connectivity index (χ3v) is 4.58. The summed E-state index contributed by atoms with van der Waals surface area (Å²) in [4.78, 5) is 24.9. The summed E-state index contributed by atoms with van der Waals surface area (Å²) in [5.41, 5.74) is 0.0264. The number of carbonyl (C=O) groups excluding carboxylic acids is 1. The van der Waals surface area contributed by atoms with Crippen LogP contribution >= 0.6 is 28.3 Å². The SMILES string of the molecule is CNCCC1CCN(C(=O)c2ccc(Br)cc2[N+](=O)[O-])CC1.Cl. The second kappa shape index (κ2) is 9.20. The number of piperidine rings is 1. The predicted octanol–water partition coefficient (Wildman–Crippen LogP) is 3.24. The molecule has 1 heterocycles. The quantitative estimate of drug-likeness (QED) is 0.601. The Balaban J connectivity index is 0.00000264. The monoisotopic (exact) mass is 405 g/mol. The lowest BCUT2D eigenvalue weighted by atomic mass is 9.93. The van der Waals surface area contributed by atoms with Crippen molar-refractivity contribution in [2.24, 2.45) is 5.92 Å². The fraction of sp³-hybridized carbons (Fsp3) is 0.533. The van der Waals surface area contributed by atoms with E-state index >= 15 is 0 Å². The molecule has 0 bridgehead atoms. The summed E-state index contributed by atoms with van der Waals surface area (Å²) in [6.45, 7) is 2.32. The van der Waals surface area contributed by atoms with Crippen molar-refractivity contribution in [1.29, 1.82) is 0 Å². The summed E-state index contributed by atoms with van der Waals surface area (Å²) in [5, 5.41) is 14.3. The summed E-state index contributed by atoms with van der Waals surface area (Å²) in [6.07, 6.45) is 3.02. The maximum absolute atomic E-state index is 12.6. The van der Waals surface area contributed by atoms with Gasteiger partial charge in [0.25, 0.3) is 11.6 Å². The van der Waals surface area contributed by atoms with Crippen molar-refractivity contribution in [3.8, 4) is 0 Å². The molecule has 1 aromatic rings. The van der Waals surface area contributed by atoms with Crippen LogP contribution in [0.15, 0.2) is 22.7 Å². The number of rotatable bonds is 5. The van der Waals surface area contributed by atoms with Gasteiger partial charge < -0.3 is 10.2 Å². The number of nitrogens with zero attached hydrogens (tertiary/aromatic N) is 2. The fourth-order valence-corrected chi connectivity index (χ4v) is 3.13. The minimum Gasteiger partial charge on any atom is -0.338 e. The highest BCUT2D eigenvalue weighted by Gasteiger charge is 2.28. The van der Waals surface area contributed by atoms with E-state index in [1.165, 1.54) is 12.1 Å². The van der Waals surface area contributed by atoms with E-state index in [9.17, 15) is 14.9 Å². The fourth-order valence-electron chi connectivity index (χ4n) is 2.78. The van der Waals surface area contributed by atoms with Gasteiger partial charge in [-0.05, 0) is 50.9 Å². The Morgan fingerprint density at radius 1 is 1.43 bits per heavy atom. The van der Waals surface area contributed by atoms with Gasteiger partial charge in [0, 0.05) is 23.6 Å². The summed E-state index contributed by atoms with van der Waals surface area (Å²) in [7, 11) is 1.94. The van der Waals surface area contributed by atoms with E-state index in [2.05, 4.69) is 21.2 Å². The molecule has 1 aromatic carbocycles. The van der Waals surface area contributed by atoms with Gasteiger partial charge in [0.15, 0.2) is 0 Å². The van der Waals surface area contributed by atoms with Crippen molar-refractivity contribution in [1.82, 2.24) is 10.2 Å². The van der Waals surface area contributed by atoms with Crippen LogP contribution in [0.25, 0.3) is 0 Å². The molecule has 0 aliphatic carbocycles. The molecule has 1 saturated heterocycles. The Kier molecular flexibility index (Phi) is 7.94. The number of hydrogen-bond donors (Lipinski definition) is 1. The molecular formula is C15H21BrClN3O3. The largest absolute Gasteiger partial charge is 0.338 e. The number of halogens is 2. The summed E-state index contributed by atoms with van der Waals surface area (Å²) in [6, 6.07) is 4.57. The number of benzene rings is 1. The highest BCUT2D eigenvalue weighted by atomic mass is 79.9. The van der Waals surface area contributed by atoms with Gasteiger partial charge in [-0.1, -0.05) is 15.9 Å². The molecule has 1 amide bonds. The molecule has 0 spiro atoms. The molecule has 0 unspecified atom stereocenters. The zero-order valence-electron chi connectivity index (χ0n) is 13.0. The number of amides is 1. The van der Waals surface area contributed by atoms with Gasteiger partial charge in [0.2, 0.25) is 0 Å². The number of likely N-dealkylation sites (tertiary alicyclic amines) is 1. The van der Waals surface area contributed by atoms with E-state index in [0.717, 1.165) is 25.8 Å². The Morgan fingerprint density at radius 3 is 2.65 bits per heavy atom.